The zero-order chi connectivity index (χ0) is 20.5. The van der Waals surface area contributed by atoms with E-state index in [4.69, 9.17) is 40.2 Å². The molecular formula is C19H13Cl2N3O3S2. The Hall–Kier alpha value is -2.26. The highest BCUT2D eigenvalue weighted by Crippen LogP contribution is 2.35. The summed E-state index contributed by atoms with van der Waals surface area (Å²) in [5, 5.41) is 6.16. The van der Waals surface area contributed by atoms with Crippen molar-refractivity contribution in [3.8, 4) is 5.75 Å². The number of ether oxygens (including phenoxy) is 1. The molecule has 2 N–H and O–H groups in total. The van der Waals surface area contributed by atoms with Crippen molar-refractivity contribution in [3.63, 3.8) is 0 Å². The molecule has 0 atom stereocenters. The van der Waals surface area contributed by atoms with Gasteiger partial charge in [-0.05, 0) is 42.0 Å². The maximum atomic E-state index is 12.9. The van der Waals surface area contributed by atoms with E-state index in [0.717, 1.165) is 5.56 Å². The molecule has 10 heteroatoms. The molecule has 2 heterocycles. The lowest BCUT2D eigenvalue weighted by molar-refractivity contribution is -0.115. The molecule has 148 valence electrons. The highest BCUT2D eigenvalue weighted by molar-refractivity contribution is 8.26. The number of thioether (sulfide) groups is 1. The Bertz CT molecular complexity index is 1070. The average molecular weight is 466 g/mol. The van der Waals surface area contributed by atoms with Crippen LogP contribution in [0, 0.1) is 0 Å². The summed E-state index contributed by atoms with van der Waals surface area (Å²) in [5.74, 6) is 0.352. The summed E-state index contributed by atoms with van der Waals surface area (Å²) >= 11 is 18.2. The van der Waals surface area contributed by atoms with Crippen molar-refractivity contribution >= 4 is 80.9 Å². The van der Waals surface area contributed by atoms with Gasteiger partial charge in [0.1, 0.15) is 16.7 Å². The molecule has 3 amide bonds. The molecule has 4 rings (SSSR count). The van der Waals surface area contributed by atoms with Gasteiger partial charge in [-0.2, -0.15) is 0 Å². The first-order chi connectivity index (χ1) is 13.9. The van der Waals surface area contributed by atoms with Crippen molar-refractivity contribution in [2.75, 3.05) is 23.4 Å². The molecule has 2 aromatic rings. The maximum Gasteiger partial charge on any atom is 0.326 e. The number of amides is 3. The highest BCUT2D eigenvalue weighted by atomic mass is 35.5. The minimum absolute atomic E-state index is 0.233. The minimum Gasteiger partial charge on any atom is -0.490 e. The number of halogens is 2. The first-order valence-electron chi connectivity index (χ1n) is 8.46. The van der Waals surface area contributed by atoms with Gasteiger partial charge in [0.05, 0.1) is 27.2 Å². The summed E-state index contributed by atoms with van der Waals surface area (Å²) in [7, 11) is 0. The number of rotatable bonds is 2. The van der Waals surface area contributed by atoms with E-state index in [-0.39, 0.29) is 11.9 Å². The van der Waals surface area contributed by atoms with Crippen molar-refractivity contribution in [1.29, 1.82) is 0 Å². The number of nitrogens with zero attached hydrogens (tertiary/aromatic N) is 1. The second-order valence-electron chi connectivity index (χ2n) is 6.14. The summed E-state index contributed by atoms with van der Waals surface area (Å²) in [6.45, 7) is 0.744. The van der Waals surface area contributed by atoms with Crippen molar-refractivity contribution in [2.45, 2.75) is 0 Å². The molecular weight excluding hydrogens is 453 g/mol. The third-order valence-corrected chi connectivity index (χ3v) is 6.10. The lowest BCUT2D eigenvalue weighted by Gasteiger charge is -2.30. The van der Waals surface area contributed by atoms with E-state index >= 15 is 0 Å². The van der Waals surface area contributed by atoms with E-state index in [0.29, 0.717) is 49.5 Å². The van der Waals surface area contributed by atoms with Gasteiger partial charge in [-0.1, -0.05) is 53.2 Å². The van der Waals surface area contributed by atoms with Gasteiger partial charge in [-0.15, -0.1) is 0 Å². The summed E-state index contributed by atoms with van der Waals surface area (Å²) in [6.07, 6.45) is 1.73. The monoisotopic (exact) mass is 465 g/mol. The van der Waals surface area contributed by atoms with E-state index in [1.54, 1.807) is 41.3 Å². The summed E-state index contributed by atoms with van der Waals surface area (Å²) < 4.78 is 6.09. The van der Waals surface area contributed by atoms with E-state index in [2.05, 4.69) is 10.6 Å². The normalized spacial score (nSPS) is 17.0. The molecule has 0 unspecified atom stereocenters. The van der Waals surface area contributed by atoms with Gasteiger partial charge < -0.3 is 15.4 Å². The molecule has 29 heavy (non-hydrogen) atoms. The van der Waals surface area contributed by atoms with Crippen LogP contribution in [-0.2, 0) is 4.79 Å². The van der Waals surface area contributed by atoms with Gasteiger partial charge in [0.25, 0.3) is 5.91 Å². The lowest BCUT2D eigenvalue weighted by Crippen LogP contribution is -2.40. The fourth-order valence-corrected chi connectivity index (χ4v) is 4.22. The van der Waals surface area contributed by atoms with Crippen molar-refractivity contribution < 1.29 is 14.3 Å². The molecule has 0 aromatic heterocycles. The predicted molar refractivity (Wildman–Crippen MR) is 121 cm³/mol. The van der Waals surface area contributed by atoms with Crippen LogP contribution >= 0.6 is 47.2 Å². The van der Waals surface area contributed by atoms with Gasteiger partial charge in [0, 0.05) is 5.69 Å². The molecule has 1 fully saturated rings. The number of anilines is 2. The van der Waals surface area contributed by atoms with Crippen LogP contribution in [0.15, 0.2) is 41.3 Å². The minimum atomic E-state index is -0.327. The van der Waals surface area contributed by atoms with Crippen LogP contribution < -0.4 is 20.3 Å². The summed E-state index contributed by atoms with van der Waals surface area (Å²) in [6, 6.07) is 9.94. The van der Waals surface area contributed by atoms with Crippen molar-refractivity contribution in [2.24, 2.45) is 0 Å². The van der Waals surface area contributed by atoms with Gasteiger partial charge in [-0.25, -0.2) is 4.79 Å². The van der Waals surface area contributed by atoms with Gasteiger partial charge in [0.15, 0.2) is 0 Å². The fourth-order valence-electron chi connectivity index (χ4n) is 2.87. The van der Waals surface area contributed by atoms with Crippen molar-refractivity contribution in [3.05, 3.63) is 56.9 Å². The van der Waals surface area contributed by atoms with Crippen LogP contribution in [0.3, 0.4) is 0 Å². The smallest absolute Gasteiger partial charge is 0.326 e. The van der Waals surface area contributed by atoms with Crippen LogP contribution in [0.2, 0.25) is 10.0 Å². The fraction of sp³-hybridized carbons (Fsp3) is 0.105. The largest absolute Gasteiger partial charge is 0.490 e. The topological polar surface area (TPSA) is 70.7 Å². The van der Waals surface area contributed by atoms with Gasteiger partial charge in [-0.3, -0.25) is 9.69 Å². The Balaban J connectivity index is 1.60. The Morgan fingerprint density at radius 3 is 2.79 bits per heavy atom. The van der Waals surface area contributed by atoms with E-state index in [1.807, 2.05) is 6.07 Å². The van der Waals surface area contributed by atoms with E-state index < -0.39 is 0 Å². The second kappa shape index (κ2) is 8.23. The predicted octanol–water partition coefficient (Wildman–Crippen LogP) is 4.91. The first-order valence-corrected chi connectivity index (χ1v) is 10.4. The molecule has 2 aliphatic rings. The molecule has 2 aliphatic heterocycles. The number of carbonyl (C=O) groups is 2. The van der Waals surface area contributed by atoms with E-state index in [1.165, 1.54) is 11.8 Å². The van der Waals surface area contributed by atoms with Gasteiger partial charge in [0.2, 0.25) is 0 Å². The molecule has 6 nitrogen and oxygen atoms in total. The zero-order valence-corrected chi connectivity index (χ0v) is 17.8. The molecule has 1 saturated heterocycles. The number of hydrogen-bond donors (Lipinski definition) is 2. The molecule has 2 aromatic carbocycles. The van der Waals surface area contributed by atoms with Crippen molar-refractivity contribution in [1.82, 2.24) is 5.32 Å². The standard InChI is InChI=1S/C19H13Cl2N3O3S2/c20-12-3-2-11(9-13(12)21)22-18(26)24-5-6-27-15-4-1-10(7-14(15)24)8-16-17(25)23-19(28)29-16/h1-4,7-9H,5-6H2,(H,22,26)(H,23,25,28)/b16-8-. The van der Waals surface area contributed by atoms with Crippen LogP contribution in [0.4, 0.5) is 16.2 Å². The molecule has 0 spiro atoms. The Morgan fingerprint density at radius 1 is 1.24 bits per heavy atom. The molecule has 0 radical (unpaired) electrons. The lowest BCUT2D eigenvalue weighted by atomic mass is 10.1. The number of urea groups is 1. The third-order valence-electron chi connectivity index (χ3n) is 4.20. The number of carbonyl (C=O) groups excluding carboxylic acids is 2. The van der Waals surface area contributed by atoms with Crippen LogP contribution in [0.5, 0.6) is 5.75 Å². The zero-order valence-electron chi connectivity index (χ0n) is 14.7. The number of benzene rings is 2. The maximum absolute atomic E-state index is 12.9. The van der Waals surface area contributed by atoms with Gasteiger partial charge >= 0.3 is 6.03 Å². The Labute approximate surface area is 186 Å². The number of fused-ring (bicyclic) bond motifs is 1. The third kappa shape index (κ3) is 4.35. The quantitative estimate of drug-likeness (QED) is 0.486. The summed E-state index contributed by atoms with van der Waals surface area (Å²) in [4.78, 5) is 26.8. The molecule has 0 bridgehead atoms. The highest BCUT2D eigenvalue weighted by Gasteiger charge is 2.26. The molecule has 0 saturated carbocycles. The van der Waals surface area contributed by atoms with Crippen LogP contribution in [-0.4, -0.2) is 29.4 Å². The number of thiocarbonyl (C=S) groups is 1. The summed E-state index contributed by atoms with van der Waals surface area (Å²) in [5.41, 5.74) is 1.89. The number of hydrogen-bond acceptors (Lipinski definition) is 5. The van der Waals surface area contributed by atoms with Crippen LogP contribution in [0.1, 0.15) is 5.56 Å². The number of nitrogens with one attached hydrogen (secondary N) is 2. The average Bonchev–Trinajstić information content (AvgIpc) is 3.01. The SMILES string of the molecule is O=C1NC(=S)S/C1=C\c1ccc2c(c1)N(C(=O)Nc1ccc(Cl)c(Cl)c1)CCO2. The second-order valence-corrected chi connectivity index (χ2v) is 8.67. The van der Waals surface area contributed by atoms with Crippen LogP contribution in [0.25, 0.3) is 6.08 Å². The first kappa shape index (κ1) is 20.0. The Kier molecular flexibility index (Phi) is 5.69. The van der Waals surface area contributed by atoms with E-state index in [9.17, 15) is 9.59 Å². The molecule has 0 aliphatic carbocycles. The Morgan fingerprint density at radius 2 is 2.07 bits per heavy atom.